The van der Waals surface area contributed by atoms with E-state index < -0.39 is 0 Å². The van der Waals surface area contributed by atoms with Crippen LogP contribution < -0.4 is 4.90 Å². The van der Waals surface area contributed by atoms with Gasteiger partial charge in [0.05, 0.1) is 6.61 Å². The first-order valence-electron chi connectivity index (χ1n) is 11.6. The lowest BCUT2D eigenvalue weighted by atomic mass is 10.0. The summed E-state index contributed by atoms with van der Waals surface area (Å²) in [5.41, 5.74) is 3.37. The number of rotatable bonds is 4. The Balaban J connectivity index is 1.47. The van der Waals surface area contributed by atoms with Crippen LogP contribution in [-0.2, 0) is 6.61 Å². The third-order valence-electron chi connectivity index (χ3n) is 6.62. The normalized spacial score (nSPS) is 18.3. The zero-order valence-electron chi connectivity index (χ0n) is 19.4. The smallest absolute Gasteiger partial charge is 0.254 e. The van der Waals surface area contributed by atoms with Gasteiger partial charge in [-0.1, -0.05) is 66.7 Å². The van der Waals surface area contributed by atoms with E-state index in [1.807, 2.05) is 71.6 Å². The molecule has 0 radical (unpaired) electrons. The molecule has 34 heavy (non-hydrogen) atoms. The van der Waals surface area contributed by atoms with E-state index in [0.717, 1.165) is 39.0 Å². The molecule has 0 bridgehead atoms. The van der Waals surface area contributed by atoms with Crippen LogP contribution in [0.15, 0.2) is 78.9 Å². The molecule has 5 rings (SSSR count). The van der Waals surface area contributed by atoms with Crippen LogP contribution in [0.25, 0.3) is 22.0 Å². The molecular weight excluding hydrogens is 424 g/mol. The monoisotopic (exact) mass is 452 g/mol. The predicted octanol–water partition coefficient (Wildman–Crippen LogP) is 4.53. The molecule has 1 N–H and O–H groups in total. The molecule has 172 valence electrons. The number of nitrogens with zero attached hydrogens (tertiary/aromatic N) is 4. The van der Waals surface area contributed by atoms with Crippen LogP contribution in [0.1, 0.15) is 29.8 Å². The molecule has 3 aromatic carbocycles. The molecule has 0 spiro atoms. The second-order valence-electron chi connectivity index (χ2n) is 8.95. The number of aliphatic hydroxyl groups excluding tert-OH is 1. The number of hydrogen-bond donors (Lipinski definition) is 1. The van der Waals surface area contributed by atoms with Gasteiger partial charge in [0.2, 0.25) is 0 Å². The van der Waals surface area contributed by atoms with Gasteiger partial charge >= 0.3 is 0 Å². The van der Waals surface area contributed by atoms with Gasteiger partial charge in [0.15, 0.2) is 5.82 Å². The van der Waals surface area contributed by atoms with E-state index in [1.165, 1.54) is 0 Å². The molecule has 4 aromatic rings. The van der Waals surface area contributed by atoms with Gasteiger partial charge in [-0.3, -0.25) is 4.79 Å². The number of fused-ring (bicyclic) bond motifs is 1. The Morgan fingerprint density at radius 1 is 0.853 bits per heavy atom. The fourth-order valence-corrected chi connectivity index (χ4v) is 4.73. The molecule has 0 unspecified atom stereocenters. The highest BCUT2D eigenvalue weighted by molar-refractivity contribution is 6.00. The Bertz CT molecular complexity index is 1310. The number of benzene rings is 3. The quantitative estimate of drug-likeness (QED) is 0.493. The van der Waals surface area contributed by atoms with Crippen molar-refractivity contribution in [1.82, 2.24) is 15.1 Å². The largest absolute Gasteiger partial charge is 0.392 e. The van der Waals surface area contributed by atoms with Crippen LogP contribution in [-0.4, -0.2) is 51.3 Å². The molecule has 6 nitrogen and oxygen atoms in total. The Kier molecular flexibility index (Phi) is 5.99. The molecule has 2 heterocycles. The minimum Gasteiger partial charge on any atom is -0.392 e. The maximum absolute atomic E-state index is 13.1. The lowest BCUT2D eigenvalue weighted by molar-refractivity contribution is 0.0644. The Hall–Kier alpha value is -3.77. The number of aromatic nitrogens is 2. The molecule has 0 saturated carbocycles. The number of hydrogen-bond acceptors (Lipinski definition) is 5. The van der Waals surface area contributed by atoms with Gasteiger partial charge in [0.25, 0.3) is 5.91 Å². The SMILES string of the molecule is C[C@@H]1CN(c2nnc(-c3ccc(CO)cc3)c3ccccc23)[C@@H](C)CN1C(=O)c1ccccc1. The van der Waals surface area contributed by atoms with Crippen molar-refractivity contribution in [2.75, 3.05) is 18.0 Å². The van der Waals surface area contributed by atoms with Crippen LogP contribution in [0.4, 0.5) is 5.82 Å². The van der Waals surface area contributed by atoms with Crippen LogP contribution in [0, 0.1) is 0 Å². The molecule has 1 aliphatic rings. The molecule has 1 fully saturated rings. The highest BCUT2D eigenvalue weighted by Crippen LogP contribution is 2.33. The van der Waals surface area contributed by atoms with E-state index in [-0.39, 0.29) is 24.6 Å². The average molecular weight is 453 g/mol. The second-order valence-corrected chi connectivity index (χ2v) is 8.95. The van der Waals surface area contributed by atoms with Gasteiger partial charge < -0.3 is 14.9 Å². The first-order valence-corrected chi connectivity index (χ1v) is 11.6. The van der Waals surface area contributed by atoms with Gasteiger partial charge in [0, 0.05) is 47.1 Å². The van der Waals surface area contributed by atoms with E-state index in [9.17, 15) is 9.90 Å². The van der Waals surface area contributed by atoms with E-state index >= 15 is 0 Å². The molecule has 2 atom stereocenters. The second kappa shape index (κ2) is 9.23. The van der Waals surface area contributed by atoms with Crippen molar-refractivity contribution in [3.05, 3.63) is 90.0 Å². The number of amides is 1. The summed E-state index contributed by atoms with van der Waals surface area (Å²) in [6, 6.07) is 25.6. The minimum atomic E-state index is 0.0144. The molecule has 1 aliphatic heterocycles. The van der Waals surface area contributed by atoms with Crippen molar-refractivity contribution in [2.45, 2.75) is 32.5 Å². The summed E-state index contributed by atoms with van der Waals surface area (Å²) in [7, 11) is 0. The van der Waals surface area contributed by atoms with Crippen LogP contribution in [0.5, 0.6) is 0 Å². The highest BCUT2D eigenvalue weighted by Gasteiger charge is 2.34. The summed E-state index contributed by atoms with van der Waals surface area (Å²) < 4.78 is 0. The lowest BCUT2D eigenvalue weighted by Crippen LogP contribution is -2.58. The van der Waals surface area contributed by atoms with Crippen molar-refractivity contribution in [1.29, 1.82) is 0 Å². The maximum Gasteiger partial charge on any atom is 0.254 e. The topological polar surface area (TPSA) is 69.6 Å². The van der Waals surface area contributed by atoms with Gasteiger partial charge in [-0.2, -0.15) is 0 Å². The third-order valence-corrected chi connectivity index (χ3v) is 6.62. The summed E-state index contributed by atoms with van der Waals surface area (Å²) in [5, 5.41) is 20.8. The van der Waals surface area contributed by atoms with Gasteiger partial charge in [-0.05, 0) is 31.5 Å². The number of carbonyl (C=O) groups is 1. The summed E-state index contributed by atoms with van der Waals surface area (Å²) in [6.45, 7) is 5.54. The van der Waals surface area contributed by atoms with Crippen LogP contribution in [0.2, 0.25) is 0 Å². The van der Waals surface area contributed by atoms with E-state index in [2.05, 4.69) is 41.1 Å². The Morgan fingerprint density at radius 2 is 1.53 bits per heavy atom. The van der Waals surface area contributed by atoms with Crippen molar-refractivity contribution in [2.24, 2.45) is 0 Å². The van der Waals surface area contributed by atoms with Gasteiger partial charge in [-0.25, -0.2) is 0 Å². The summed E-state index contributed by atoms with van der Waals surface area (Å²) in [6.07, 6.45) is 0. The number of anilines is 1. The molecule has 1 aromatic heterocycles. The van der Waals surface area contributed by atoms with E-state index in [0.29, 0.717) is 13.1 Å². The third kappa shape index (κ3) is 4.01. The molecule has 1 amide bonds. The van der Waals surface area contributed by atoms with Crippen LogP contribution in [0.3, 0.4) is 0 Å². The zero-order valence-corrected chi connectivity index (χ0v) is 19.4. The van der Waals surface area contributed by atoms with Crippen molar-refractivity contribution in [3.63, 3.8) is 0 Å². The highest BCUT2D eigenvalue weighted by atomic mass is 16.3. The first-order chi connectivity index (χ1) is 16.6. The predicted molar refractivity (Wildman–Crippen MR) is 135 cm³/mol. The van der Waals surface area contributed by atoms with Crippen molar-refractivity contribution in [3.8, 4) is 11.3 Å². The van der Waals surface area contributed by atoms with E-state index in [4.69, 9.17) is 0 Å². The average Bonchev–Trinajstić information content (AvgIpc) is 2.89. The van der Waals surface area contributed by atoms with Crippen LogP contribution >= 0.6 is 0 Å². The molecular formula is C28H28N4O2. The summed E-state index contributed by atoms with van der Waals surface area (Å²) in [4.78, 5) is 17.4. The number of carbonyl (C=O) groups excluding carboxylic acids is 1. The fourth-order valence-electron chi connectivity index (χ4n) is 4.73. The maximum atomic E-state index is 13.1. The molecule has 0 aliphatic carbocycles. The minimum absolute atomic E-state index is 0.0144. The Labute approximate surface area is 199 Å². The van der Waals surface area contributed by atoms with Crippen molar-refractivity contribution >= 4 is 22.5 Å². The fraction of sp³-hybridized carbons (Fsp3) is 0.250. The van der Waals surface area contributed by atoms with Gasteiger partial charge in [0.1, 0.15) is 5.69 Å². The first kappa shape index (κ1) is 22.0. The standard InChI is InChI=1S/C28H28N4O2/c1-19-17-32(28(34)23-8-4-3-5-9-23)20(2)16-31(19)27-25-11-7-6-10-24(25)26(29-30-27)22-14-12-21(18-33)13-15-22/h3-15,19-20,33H,16-18H2,1-2H3/t19-,20+/m0/s1. The van der Waals surface area contributed by atoms with E-state index in [1.54, 1.807) is 0 Å². The van der Waals surface area contributed by atoms with Gasteiger partial charge in [-0.15, -0.1) is 10.2 Å². The lowest BCUT2D eigenvalue weighted by Gasteiger charge is -2.44. The number of piperazine rings is 1. The zero-order chi connectivity index (χ0) is 23.7. The molecule has 1 saturated heterocycles. The summed E-state index contributed by atoms with van der Waals surface area (Å²) in [5.74, 6) is 0.912. The Morgan fingerprint density at radius 3 is 2.24 bits per heavy atom. The number of aliphatic hydroxyl groups is 1. The molecule has 6 heteroatoms. The van der Waals surface area contributed by atoms with Crippen molar-refractivity contribution < 1.29 is 9.90 Å². The summed E-state index contributed by atoms with van der Waals surface area (Å²) >= 11 is 0.